The molecule has 1 aromatic carbocycles. The van der Waals surface area contributed by atoms with Crippen molar-refractivity contribution in [1.82, 2.24) is 0 Å². The lowest BCUT2D eigenvalue weighted by Gasteiger charge is -2.27. The van der Waals surface area contributed by atoms with Crippen molar-refractivity contribution in [2.24, 2.45) is 5.92 Å². The third-order valence-electron chi connectivity index (χ3n) is 3.93. The van der Waals surface area contributed by atoms with Gasteiger partial charge in [-0.2, -0.15) is 30.7 Å². The van der Waals surface area contributed by atoms with E-state index in [0.29, 0.717) is 24.7 Å². The Kier molecular flexibility index (Phi) is 7.95. The maximum atomic E-state index is 13.9. The Balaban J connectivity index is 3.33. The predicted molar refractivity (Wildman–Crippen MR) is 88.6 cm³/mol. The minimum atomic E-state index is -6.63. The van der Waals surface area contributed by atoms with Crippen molar-refractivity contribution in [1.29, 1.82) is 0 Å². The number of hydrogen-bond donors (Lipinski definition) is 0. The van der Waals surface area contributed by atoms with Crippen molar-refractivity contribution in [3.05, 3.63) is 53.9 Å². The molecule has 156 valence electrons. The number of benzene rings is 1. The van der Waals surface area contributed by atoms with Crippen LogP contribution in [0.5, 0.6) is 0 Å². The summed E-state index contributed by atoms with van der Waals surface area (Å²) >= 11 is 0. The Bertz CT molecular complexity index is 704. The van der Waals surface area contributed by atoms with Crippen LogP contribution in [0.25, 0.3) is 5.57 Å². The first kappa shape index (κ1) is 23.8. The standard InChI is InChI=1S/C19H18F8O/c1-2-3-7-13(10-15(12-28)14-8-5-4-6-9-14)11-16(20)17(21,22)18(23,24)19(25,26)27/h4-6,8-13H,2-3,7H2,1H3/b15-10-,16-11-. The lowest BCUT2D eigenvalue weighted by Crippen LogP contribution is -2.52. The summed E-state index contributed by atoms with van der Waals surface area (Å²) in [7, 11) is 0. The third kappa shape index (κ3) is 5.42. The molecule has 1 rings (SSSR count). The zero-order valence-electron chi connectivity index (χ0n) is 14.7. The van der Waals surface area contributed by atoms with Gasteiger partial charge in [0.15, 0.2) is 5.83 Å². The molecule has 0 radical (unpaired) electrons. The summed E-state index contributed by atoms with van der Waals surface area (Å²) < 4.78 is 104. The molecule has 0 N–H and O–H groups in total. The van der Waals surface area contributed by atoms with Gasteiger partial charge in [0.25, 0.3) is 0 Å². The van der Waals surface area contributed by atoms with Gasteiger partial charge < -0.3 is 0 Å². The van der Waals surface area contributed by atoms with Crippen LogP contribution in [0.2, 0.25) is 0 Å². The Morgan fingerprint density at radius 3 is 2.04 bits per heavy atom. The Morgan fingerprint density at radius 2 is 1.57 bits per heavy atom. The third-order valence-corrected chi connectivity index (χ3v) is 3.93. The maximum Gasteiger partial charge on any atom is 0.460 e. The minimum Gasteiger partial charge on any atom is -0.298 e. The first-order chi connectivity index (χ1) is 12.9. The van der Waals surface area contributed by atoms with Crippen LogP contribution in [0, 0.1) is 5.92 Å². The molecule has 28 heavy (non-hydrogen) atoms. The molecule has 0 fully saturated rings. The fourth-order valence-corrected chi connectivity index (χ4v) is 2.34. The van der Waals surface area contributed by atoms with Gasteiger partial charge in [-0.15, -0.1) is 0 Å². The van der Waals surface area contributed by atoms with Gasteiger partial charge in [0.1, 0.15) is 6.29 Å². The van der Waals surface area contributed by atoms with Gasteiger partial charge in [0.05, 0.1) is 0 Å². The molecule has 0 aliphatic heterocycles. The van der Waals surface area contributed by atoms with Crippen molar-refractivity contribution in [2.75, 3.05) is 0 Å². The van der Waals surface area contributed by atoms with E-state index in [1.165, 1.54) is 12.1 Å². The average Bonchev–Trinajstić information content (AvgIpc) is 2.63. The summed E-state index contributed by atoms with van der Waals surface area (Å²) in [4.78, 5) is 11.3. The van der Waals surface area contributed by atoms with Crippen LogP contribution in [-0.4, -0.2) is 24.3 Å². The van der Waals surface area contributed by atoms with Crippen LogP contribution in [0.1, 0.15) is 31.7 Å². The zero-order valence-corrected chi connectivity index (χ0v) is 14.7. The van der Waals surface area contributed by atoms with E-state index in [2.05, 4.69) is 0 Å². The van der Waals surface area contributed by atoms with Crippen LogP contribution in [0.3, 0.4) is 0 Å². The summed E-state index contributed by atoms with van der Waals surface area (Å²) in [5.74, 6) is -16.8. The molecule has 0 aliphatic carbocycles. The van der Waals surface area contributed by atoms with E-state index in [1.54, 1.807) is 25.1 Å². The van der Waals surface area contributed by atoms with Gasteiger partial charge in [-0.25, -0.2) is 4.39 Å². The Labute approximate surface area is 156 Å². The highest BCUT2D eigenvalue weighted by Gasteiger charge is 2.74. The molecule has 9 heteroatoms. The first-order valence-corrected chi connectivity index (χ1v) is 8.31. The van der Waals surface area contributed by atoms with E-state index in [0.717, 1.165) is 6.08 Å². The quantitative estimate of drug-likeness (QED) is 0.248. The second kappa shape index (κ2) is 9.34. The van der Waals surface area contributed by atoms with Gasteiger partial charge in [-0.1, -0.05) is 56.2 Å². The predicted octanol–water partition coefficient (Wildman–Crippen LogP) is 6.76. The number of hydrogen-bond acceptors (Lipinski definition) is 1. The molecule has 0 aliphatic rings. The van der Waals surface area contributed by atoms with Crippen LogP contribution in [-0.2, 0) is 4.79 Å². The molecule has 0 bridgehead atoms. The summed E-state index contributed by atoms with van der Waals surface area (Å²) in [6.07, 6.45) is -4.34. The second-order valence-electron chi connectivity index (χ2n) is 6.07. The lowest BCUT2D eigenvalue weighted by molar-refractivity contribution is -0.347. The Morgan fingerprint density at radius 1 is 1.00 bits per heavy atom. The van der Waals surface area contributed by atoms with Crippen LogP contribution >= 0.6 is 0 Å². The monoisotopic (exact) mass is 414 g/mol. The van der Waals surface area contributed by atoms with E-state index in [4.69, 9.17) is 0 Å². The van der Waals surface area contributed by atoms with Gasteiger partial charge in [-0.3, -0.25) is 4.79 Å². The highest BCUT2D eigenvalue weighted by atomic mass is 19.4. The highest BCUT2D eigenvalue weighted by Crippen LogP contribution is 2.50. The van der Waals surface area contributed by atoms with Gasteiger partial charge in [-0.05, 0) is 24.0 Å². The molecule has 0 heterocycles. The van der Waals surface area contributed by atoms with E-state index < -0.39 is 29.8 Å². The van der Waals surface area contributed by atoms with Crippen LogP contribution in [0.4, 0.5) is 35.1 Å². The number of alkyl halides is 7. The fraction of sp³-hybridized carbons (Fsp3) is 0.421. The molecule has 1 nitrogen and oxygen atoms in total. The molecular formula is C19H18F8O. The first-order valence-electron chi connectivity index (χ1n) is 8.31. The summed E-state index contributed by atoms with van der Waals surface area (Å²) in [6.45, 7) is 1.71. The van der Waals surface area contributed by atoms with Crippen molar-refractivity contribution < 1.29 is 39.9 Å². The normalized spacial score (nSPS) is 15.5. The van der Waals surface area contributed by atoms with Crippen molar-refractivity contribution in [3.8, 4) is 0 Å². The summed E-state index contributed by atoms with van der Waals surface area (Å²) in [6, 6.07) is 7.79. The van der Waals surface area contributed by atoms with E-state index in [9.17, 15) is 39.9 Å². The molecule has 1 unspecified atom stereocenters. The number of halogens is 8. The Hall–Kier alpha value is -2.19. The summed E-state index contributed by atoms with van der Waals surface area (Å²) in [5, 5.41) is 0. The fourth-order valence-electron chi connectivity index (χ4n) is 2.34. The highest BCUT2D eigenvalue weighted by molar-refractivity contribution is 6.06. The molecule has 0 saturated heterocycles. The number of rotatable bonds is 9. The lowest BCUT2D eigenvalue weighted by atomic mass is 9.94. The molecule has 1 aromatic rings. The molecule has 0 spiro atoms. The van der Waals surface area contributed by atoms with Crippen molar-refractivity contribution in [3.63, 3.8) is 0 Å². The number of carbonyl (C=O) groups excluding carboxylic acids is 1. The minimum absolute atomic E-state index is 0.0156. The number of unbranched alkanes of at least 4 members (excludes halogenated alkanes) is 1. The van der Waals surface area contributed by atoms with E-state index >= 15 is 0 Å². The van der Waals surface area contributed by atoms with E-state index in [1.807, 2.05) is 0 Å². The molecule has 0 amide bonds. The van der Waals surface area contributed by atoms with Crippen molar-refractivity contribution in [2.45, 2.75) is 44.2 Å². The number of carbonyl (C=O) groups is 1. The second-order valence-corrected chi connectivity index (χ2v) is 6.07. The largest absolute Gasteiger partial charge is 0.460 e. The zero-order chi connectivity index (χ0) is 21.6. The molecular weight excluding hydrogens is 396 g/mol. The summed E-state index contributed by atoms with van der Waals surface area (Å²) in [5.41, 5.74) is 0.330. The number of allylic oxidation sites excluding steroid dienone is 4. The molecule has 0 aromatic heterocycles. The van der Waals surface area contributed by atoms with Gasteiger partial charge in [0, 0.05) is 5.57 Å². The van der Waals surface area contributed by atoms with Gasteiger partial charge in [0.2, 0.25) is 0 Å². The smallest absolute Gasteiger partial charge is 0.298 e. The molecule has 0 saturated carbocycles. The average molecular weight is 414 g/mol. The van der Waals surface area contributed by atoms with Crippen LogP contribution in [0.15, 0.2) is 48.3 Å². The van der Waals surface area contributed by atoms with E-state index in [-0.39, 0.29) is 18.1 Å². The number of aldehydes is 1. The van der Waals surface area contributed by atoms with Crippen molar-refractivity contribution >= 4 is 11.9 Å². The SMILES string of the molecule is CCCCC(/C=C(\F)C(F)(F)C(F)(F)C(F)(F)F)/C=C(/C=O)c1ccccc1. The van der Waals surface area contributed by atoms with Crippen LogP contribution < -0.4 is 0 Å². The maximum absolute atomic E-state index is 13.9. The molecule has 1 atom stereocenters. The van der Waals surface area contributed by atoms with Gasteiger partial charge >= 0.3 is 18.0 Å². The topological polar surface area (TPSA) is 17.1 Å².